The molecule has 84 valence electrons. The van der Waals surface area contributed by atoms with Crippen LogP contribution >= 0.6 is 11.8 Å². The van der Waals surface area contributed by atoms with Crippen LogP contribution in [0.3, 0.4) is 0 Å². The molecule has 1 rings (SSSR count). The van der Waals surface area contributed by atoms with E-state index in [2.05, 4.69) is 4.74 Å². The standard InChI is InChI=1S/C11H14F2OS/c1-15-11(12,13)14-9-5-8-10-6-3-2-4-7-10/h2-4,6-7H,5,8-9H2,1H3. The highest BCUT2D eigenvalue weighted by molar-refractivity contribution is 7.99. The molecule has 0 atom stereocenters. The van der Waals surface area contributed by atoms with Crippen LogP contribution in [0.1, 0.15) is 12.0 Å². The van der Waals surface area contributed by atoms with E-state index in [1.807, 2.05) is 30.3 Å². The normalized spacial score (nSPS) is 11.7. The van der Waals surface area contributed by atoms with Gasteiger partial charge in [-0.1, -0.05) is 42.1 Å². The fourth-order valence-electron chi connectivity index (χ4n) is 1.17. The Labute approximate surface area is 92.8 Å². The van der Waals surface area contributed by atoms with Gasteiger partial charge in [0.05, 0.1) is 6.61 Å². The van der Waals surface area contributed by atoms with E-state index in [9.17, 15) is 8.78 Å². The lowest BCUT2D eigenvalue weighted by Crippen LogP contribution is -2.16. The number of thioether (sulfide) groups is 1. The summed E-state index contributed by atoms with van der Waals surface area (Å²) >= 11 is 0.418. The Morgan fingerprint density at radius 3 is 2.53 bits per heavy atom. The second-order valence-electron chi connectivity index (χ2n) is 3.11. The quantitative estimate of drug-likeness (QED) is 0.548. The first-order valence-corrected chi connectivity index (χ1v) is 5.97. The Kier molecular flexibility index (Phi) is 5.05. The summed E-state index contributed by atoms with van der Waals surface area (Å²) in [6, 6.07) is 9.76. The van der Waals surface area contributed by atoms with Gasteiger partial charge in [0.15, 0.2) is 0 Å². The molecule has 0 saturated carbocycles. The SMILES string of the molecule is CSC(F)(F)OCCCc1ccccc1. The van der Waals surface area contributed by atoms with Crippen LogP contribution in [0.15, 0.2) is 30.3 Å². The van der Waals surface area contributed by atoms with Crippen LogP contribution in [0.4, 0.5) is 8.78 Å². The van der Waals surface area contributed by atoms with Crippen LogP contribution in [0.2, 0.25) is 0 Å². The molecule has 1 nitrogen and oxygen atoms in total. The highest BCUT2D eigenvalue weighted by Crippen LogP contribution is 2.27. The lowest BCUT2D eigenvalue weighted by atomic mass is 10.1. The lowest BCUT2D eigenvalue weighted by molar-refractivity contribution is -0.162. The first-order valence-electron chi connectivity index (χ1n) is 4.75. The van der Waals surface area contributed by atoms with Crippen molar-refractivity contribution in [1.82, 2.24) is 0 Å². The molecule has 0 aliphatic carbocycles. The van der Waals surface area contributed by atoms with Crippen molar-refractivity contribution in [3.05, 3.63) is 35.9 Å². The zero-order valence-corrected chi connectivity index (χ0v) is 9.40. The number of aryl methyl sites for hydroxylation is 1. The largest absolute Gasteiger partial charge is 0.407 e. The summed E-state index contributed by atoms with van der Waals surface area (Å²) in [4.78, 5) is 0. The van der Waals surface area contributed by atoms with Gasteiger partial charge < -0.3 is 4.74 Å². The van der Waals surface area contributed by atoms with Gasteiger partial charge in [-0.15, -0.1) is 0 Å². The molecule has 0 heterocycles. The van der Waals surface area contributed by atoms with Gasteiger partial charge in [-0.3, -0.25) is 0 Å². The molecule has 1 aromatic rings. The number of hydrogen-bond acceptors (Lipinski definition) is 2. The molecule has 0 N–H and O–H groups in total. The van der Waals surface area contributed by atoms with Gasteiger partial charge in [0.1, 0.15) is 0 Å². The number of rotatable bonds is 6. The fourth-order valence-corrected chi connectivity index (χ4v) is 1.37. The summed E-state index contributed by atoms with van der Waals surface area (Å²) in [6.45, 7) is 0.0860. The van der Waals surface area contributed by atoms with Crippen LogP contribution in [0, 0.1) is 0 Å². The van der Waals surface area contributed by atoms with Crippen LogP contribution < -0.4 is 0 Å². The molecular formula is C11H14F2OS. The van der Waals surface area contributed by atoms with Gasteiger partial charge in [-0.05, 0) is 24.7 Å². The van der Waals surface area contributed by atoms with Crippen molar-refractivity contribution in [2.24, 2.45) is 0 Å². The van der Waals surface area contributed by atoms with Crippen molar-refractivity contribution in [2.75, 3.05) is 12.9 Å². The molecule has 0 amide bonds. The van der Waals surface area contributed by atoms with E-state index < -0.39 is 5.44 Å². The van der Waals surface area contributed by atoms with E-state index in [0.717, 1.165) is 12.0 Å². The van der Waals surface area contributed by atoms with Crippen LogP contribution in [0.5, 0.6) is 0 Å². The van der Waals surface area contributed by atoms with Crippen molar-refractivity contribution < 1.29 is 13.5 Å². The smallest absolute Gasteiger partial charge is 0.311 e. The van der Waals surface area contributed by atoms with Crippen molar-refractivity contribution >= 4 is 11.8 Å². The van der Waals surface area contributed by atoms with Gasteiger partial charge in [0.2, 0.25) is 0 Å². The topological polar surface area (TPSA) is 9.23 Å². The first-order chi connectivity index (χ1) is 7.14. The van der Waals surface area contributed by atoms with E-state index in [4.69, 9.17) is 0 Å². The predicted octanol–water partition coefficient (Wildman–Crippen LogP) is 3.55. The average molecular weight is 232 g/mol. The molecule has 0 aliphatic heterocycles. The first kappa shape index (κ1) is 12.5. The molecular weight excluding hydrogens is 218 g/mol. The van der Waals surface area contributed by atoms with E-state index in [0.29, 0.717) is 18.2 Å². The van der Waals surface area contributed by atoms with E-state index >= 15 is 0 Å². The highest BCUT2D eigenvalue weighted by atomic mass is 32.2. The number of hydrogen-bond donors (Lipinski definition) is 0. The van der Waals surface area contributed by atoms with Crippen LogP contribution in [0.25, 0.3) is 0 Å². The molecule has 0 spiro atoms. The highest BCUT2D eigenvalue weighted by Gasteiger charge is 2.27. The second-order valence-corrected chi connectivity index (χ2v) is 3.99. The summed E-state index contributed by atoms with van der Waals surface area (Å²) in [7, 11) is 0. The third kappa shape index (κ3) is 5.14. The van der Waals surface area contributed by atoms with Gasteiger partial charge >= 0.3 is 5.44 Å². The maximum Gasteiger partial charge on any atom is 0.407 e. The summed E-state index contributed by atoms with van der Waals surface area (Å²) in [5.41, 5.74) is -1.90. The van der Waals surface area contributed by atoms with Crippen LogP contribution in [-0.2, 0) is 11.2 Å². The number of halogens is 2. The van der Waals surface area contributed by atoms with Gasteiger partial charge in [-0.2, -0.15) is 8.78 Å². The van der Waals surface area contributed by atoms with Crippen molar-refractivity contribution in [3.8, 4) is 0 Å². The van der Waals surface area contributed by atoms with E-state index in [1.165, 1.54) is 6.26 Å². The maximum atomic E-state index is 12.6. The minimum Gasteiger partial charge on any atom is -0.311 e. The third-order valence-electron chi connectivity index (χ3n) is 1.96. The molecule has 0 radical (unpaired) electrons. The third-order valence-corrected chi connectivity index (χ3v) is 2.55. The lowest BCUT2D eigenvalue weighted by Gasteiger charge is -2.13. The molecule has 0 fully saturated rings. The molecule has 0 aromatic heterocycles. The molecule has 0 bridgehead atoms. The minimum absolute atomic E-state index is 0.0860. The fraction of sp³-hybridized carbons (Fsp3) is 0.455. The molecule has 1 aromatic carbocycles. The number of benzene rings is 1. The van der Waals surface area contributed by atoms with Crippen LogP contribution in [-0.4, -0.2) is 18.3 Å². The summed E-state index contributed by atoms with van der Waals surface area (Å²) in [5, 5.41) is 0. The van der Waals surface area contributed by atoms with Crippen molar-refractivity contribution in [1.29, 1.82) is 0 Å². The molecule has 4 heteroatoms. The number of ether oxygens (including phenoxy) is 1. The van der Waals surface area contributed by atoms with E-state index in [-0.39, 0.29) is 6.61 Å². The maximum absolute atomic E-state index is 12.6. The van der Waals surface area contributed by atoms with Gasteiger partial charge in [-0.25, -0.2) is 0 Å². The molecule has 0 aliphatic rings. The Balaban J connectivity index is 2.18. The Morgan fingerprint density at radius 2 is 1.93 bits per heavy atom. The molecule has 0 unspecified atom stereocenters. The summed E-state index contributed by atoms with van der Waals surface area (Å²) in [6.07, 6.45) is 2.71. The average Bonchev–Trinajstić information content (AvgIpc) is 2.26. The zero-order valence-electron chi connectivity index (χ0n) is 8.58. The Bertz CT molecular complexity index is 277. The molecule has 0 saturated heterocycles. The summed E-state index contributed by atoms with van der Waals surface area (Å²) < 4.78 is 29.7. The molecule has 15 heavy (non-hydrogen) atoms. The minimum atomic E-state index is -3.04. The predicted molar refractivity (Wildman–Crippen MR) is 59.2 cm³/mol. The Hall–Kier alpha value is -0.610. The zero-order chi connectivity index (χ0) is 11.1. The second kappa shape index (κ2) is 6.08. The van der Waals surface area contributed by atoms with Crippen molar-refractivity contribution in [3.63, 3.8) is 0 Å². The number of alkyl halides is 2. The van der Waals surface area contributed by atoms with Crippen molar-refractivity contribution in [2.45, 2.75) is 18.3 Å². The van der Waals surface area contributed by atoms with Gasteiger partial charge in [0.25, 0.3) is 0 Å². The Morgan fingerprint density at radius 1 is 1.27 bits per heavy atom. The van der Waals surface area contributed by atoms with E-state index in [1.54, 1.807) is 0 Å². The van der Waals surface area contributed by atoms with Gasteiger partial charge in [0, 0.05) is 0 Å². The monoisotopic (exact) mass is 232 g/mol. The summed E-state index contributed by atoms with van der Waals surface area (Å²) in [5.74, 6) is 0.